The molecule has 0 saturated carbocycles. The van der Waals surface area contributed by atoms with Crippen LogP contribution in [0.1, 0.15) is 23.7 Å². The van der Waals surface area contributed by atoms with Gasteiger partial charge in [0.05, 0.1) is 24.5 Å². The van der Waals surface area contributed by atoms with Crippen LogP contribution in [0.25, 0.3) is 0 Å². The molecule has 0 spiro atoms. The van der Waals surface area contributed by atoms with Gasteiger partial charge in [-0.15, -0.1) is 0 Å². The Bertz CT molecular complexity index is 499. The molecule has 106 valence electrons. The quantitative estimate of drug-likeness (QED) is 0.757. The molecular weight excluding hydrogens is 266 g/mol. The highest BCUT2D eigenvalue weighted by atomic mass is 32.2. The monoisotopic (exact) mass is 285 g/mol. The number of methoxy groups -OCH3 is 1. The Kier molecular flexibility index (Phi) is 5.98. The summed E-state index contributed by atoms with van der Waals surface area (Å²) in [5.41, 5.74) is 6.20. The Balaban J connectivity index is 2.89. The molecule has 1 aromatic carbocycles. The van der Waals surface area contributed by atoms with Crippen molar-refractivity contribution < 1.29 is 17.9 Å². The third-order valence-electron chi connectivity index (χ3n) is 2.85. The van der Waals surface area contributed by atoms with Crippen molar-refractivity contribution in [1.29, 1.82) is 0 Å². The number of nitrogens with two attached hydrogens (primary N) is 1. The van der Waals surface area contributed by atoms with Crippen LogP contribution in [0.4, 0.5) is 0 Å². The van der Waals surface area contributed by atoms with E-state index in [2.05, 4.69) is 4.74 Å². The predicted molar refractivity (Wildman–Crippen MR) is 73.3 cm³/mol. The van der Waals surface area contributed by atoms with E-state index in [1.54, 1.807) is 24.3 Å². The van der Waals surface area contributed by atoms with E-state index < -0.39 is 21.1 Å². The number of carbonyl (C=O) groups excluding carboxylic acids is 1. The second-order valence-electron chi connectivity index (χ2n) is 4.17. The Hall–Kier alpha value is -1.40. The molecule has 6 heteroatoms. The summed E-state index contributed by atoms with van der Waals surface area (Å²) in [4.78, 5) is 11.1. The highest BCUT2D eigenvalue weighted by molar-refractivity contribution is 7.91. The molecular formula is C13H19NO4S. The van der Waals surface area contributed by atoms with Gasteiger partial charge in [-0.2, -0.15) is 0 Å². The second kappa shape index (κ2) is 7.25. The molecule has 0 fully saturated rings. The van der Waals surface area contributed by atoms with Crippen molar-refractivity contribution in [2.24, 2.45) is 5.73 Å². The van der Waals surface area contributed by atoms with E-state index in [4.69, 9.17) is 5.73 Å². The molecule has 19 heavy (non-hydrogen) atoms. The number of benzene rings is 1. The maximum atomic E-state index is 12.3. The third kappa shape index (κ3) is 4.65. The number of rotatable bonds is 7. The summed E-state index contributed by atoms with van der Waals surface area (Å²) in [6, 6.07) is 8.92. The minimum Gasteiger partial charge on any atom is -0.469 e. The van der Waals surface area contributed by atoms with Gasteiger partial charge in [0.2, 0.25) is 0 Å². The average molecular weight is 285 g/mol. The molecule has 0 radical (unpaired) electrons. The van der Waals surface area contributed by atoms with Gasteiger partial charge in [-0.05, 0) is 18.5 Å². The van der Waals surface area contributed by atoms with E-state index in [1.807, 2.05) is 6.07 Å². The van der Waals surface area contributed by atoms with Gasteiger partial charge in [0.1, 0.15) is 0 Å². The lowest BCUT2D eigenvalue weighted by Gasteiger charge is -2.17. The van der Waals surface area contributed by atoms with Crippen molar-refractivity contribution in [1.82, 2.24) is 0 Å². The first-order valence-electron chi connectivity index (χ1n) is 6.04. The van der Waals surface area contributed by atoms with Gasteiger partial charge in [0, 0.05) is 0 Å². The van der Waals surface area contributed by atoms with Crippen LogP contribution >= 0.6 is 0 Å². The van der Waals surface area contributed by atoms with Crippen LogP contribution in [-0.4, -0.2) is 33.8 Å². The summed E-state index contributed by atoms with van der Waals surface area (Å²) >= 11 is 0. The summed E-state index contributed by atoms with van der Waals surface area (Å²) in [6.07, 6.45) is 0.209. The van der Waals surface area contributed by atoms with E-state index in [9.17, 15) is 13.2 Å². The summed E-state index contributed by atoms with van der Waals surface area (Å²) in [6.45, 7) is 0.275. The zero-order chi connectivity index (χ0) is 14.3. The van der Waals surface area contributed by atoms with Crippen molar-refractivity contribution in [3.8, 4) is 0 Å². The molecule has 0 aromatic heterocycles. The zero-order valence-electron chi connectivity index (χ0n) is 10.9. The summed E-state index contributed by atoms with van der Waals surface area (Å²) in [7, 11) is -2.18. The molecule has 1 unspecified atom stereocenters. The summed E-state index contributed by atoms with van der Waals surface area (Å²) in [5.74, 6) is -0.748. The number of sulfone groups is 1. The lowest BCUT2D eigenvalue weighted by Crippen LogP contribution is -2.21. The molecule has 1 atom stereocenters. The number of ether oxygens (including phenoxy) is 1. The first-order chi connectivity index (χ1) is 9.01. The Morgan fingerprint density at radius 3 is 2.47 bits per heavy atom. The smallest absolute Gasteiger partial charge is 0.306 e. The average Bonchev–Trinajstić information content (AvgIpc) is 2.43. The molecule has 2 N–H and O–H groups in total. The summed E-state index contributed by atoms with van der Waals surface area (Å²) in [5, 5.41) is -0.664. The van der Waals surface area contributed by atoms with Crippen molar-refractivity contribution in [2.75, 3.05) is 19.4 Å². The van der Waals surface area contributed by atoms with Crippen LogP contribution in [0.5, 0.6) is 0 Å². The highest BCUT2D eigenvalue weighted by Gasteiger charge is 2.27. The lowest BCUT2D eigenvalue weighted by molar-refractivity contribution is -0.140. The van der Waals surface area contributed by atoms with E-state index in [1.165, 1.54) is 7.11 Å². The van der Waals surface area contributed by atoms with Crippen LogP contribution in [0, 0.1) is 0 Å². The van der Waals surface area contributed by atoms with E-state index in [0.717, 1.165) is 0 Å². The number of carbonyl (C=O) groups is 1. The van der Waals surface area contributed by atoms with Crippen LogP contribution < -0.4 is 5.73 Å². The largest absolute Gasteiger partial charge is 0.469 e. The van der Waals surface area contributed by atoms with Crippen LogP contribution in [0.2, 0.25) is 0 Å². The van der Waals surface area contributed by atoms with E-state index in [0.29, 0.717) is 12.0 Å². The first-order valence-corrected chi connectivity index (χ1v) is 7.76. The predicted octanol–water partition coefficient (Wildman–Crippen LogP) is 1.05. The molecule has 1 rings (SSSR count). The minimum absolute atomic E-state index is 0.132. The molecule has 0 aliphatic heterocycles. The van der Waals surface area contributed by atoms with Crippen molar-refractivity contribution in [3.05, 3.63) is 35.9 Å². The fourth-order valence-corrected chi connectivity index (χ4v) is 3.65. The Morgan fingerprint density at radius 2 is 1.95 bits per heavy atom. The number of hydrogen-bond acceptors (Lipinski definition) is 5. The highest BCUT2D eigenvalue weighted by Crippen LogP contribution is 2.26. The van der Waals surface area contributed by atoms with Crippen LogP contribution in [-0.2, 0) is 19.4 Å². The van der Waals surface area contributed by atoms with Gasteiger partial charge >= 0.3 is 5.97 Å². The van der Waals surface area contributed by atoms with Crippen molar-refractivity contribution in [3.63, 3.8) is 0 Å². The molecule has 0 saturated heterocycles. The topological polar surface area (TPSA) is 86.5 Å². The molecule has 1 aromatic rings. The second-order valence-corrected chi connectivity index (χ2v) is 6.47. The van der Waals surface area contributed by atoms with Gasteiger partial charge in [-0.1, -0.05) is 30.3 Å². The molecule has 5 nitrogen and oxygen atoms in total. The van der Waals surface area contributed by atoms with E-state index >= 15 is 0 Å². The van der Waals surface area contributed by atoms with Crippen molar-refractivity contribution in [2.45, 2.75) is 18.1 Å². The molecule has 0 heterocycles. The number of hydrogen-bond donors (Lipinski definition) is 1. The Morgan fingerprint density at radius 1 is 1.32 bits per heavy atom. The fourth-order valence-electron chi connectivity index (χ4n) is 1.84. The Labute approximate surface area is 113 Å². The van der Waals surface area contributed by atoms with E-state index in [-0.39, 0.29) is 18.7 Å². The SMILES string of the molecule is COC(=O)CCS(=O)(=O)C(CCN)c1ccccc1. The molecule has 0 aliphatic carbocycles. The van der Waals surface area contributed by atoms with Crippen LogP contribution in [0.3, 0.4) is 0 Å². The van der Waals surface area contributed by atoms with Gasteiger partial charge in [0.25, 0.3) is 0 Å². The zero-order valence-corrected chi connectivity index (χ0v) is 11.7. The van der Waals surface area contributed by atoms with Crippen LogP contribution in [0.15, 0.2) is 30.3 Å². The molecule has 0 amide bonds. The van der Waals surface area contributed by atoms with Crippen molar-refractivity contribution >= 4 is 15.8 Å². The number of esters is 1. The third-order valence-corrected chi connectivity index (χ3v) is 5.00. The minimum atomic E-state index is -3.42. The van der Waals surface area contributed by atoms with Gasteiger partial charge in [-0.25, -0.2) is 8.42 Å². The van der Waals surface area contributed by atoms with Gasteiger partial charge in [-0.3, -0.25) is 4.79 Å². The maximum Gasteiger partial charge on any atom is 0.306 e. The molecule has 0 bridgehead atoms. The maximum absolute atomic E-state index is 12.3. The first kappa shape index (κ1) is 15.7. The van der Waals surface area contributed by atoms with Gasteiger partial charge < -0.3 is 10.5 Å². The molecule has 0 aliphatic rings. The summed E-state index contributed by atoms with van der Waals surface area (Å²) < 4.78 is 29.0. The standard InChI is InChI=1S/C13H19NO4S/c1-18-13(15)8-10-19(16,17)12(7-9-14)11-5-3-2-4-6-11/h2-6,12H,7-10,14H2,1H3. The van der Waals surface area contributed by atoms with Gasteiger partial charge in [0.15, 0.2) is 9.84 Å². The normalized spacial score (nSPS) is 12.9. The lowest BCUT2D eigenvalue weighted by atomic mass is 10.1. The fraction of sp³-hybridized carbons (Fsp3) is 0.462.